The monoisotopic (exact) mass is 478 g/mol. The van der Waals surface area contributed by atoms with Gasteiger partial charge in [0, 0.05) is 35.0 Å². The Kier molecular flexibility index (Phi) is 5.79. The molecule has 6 heteroatoms. The summed E-state index contributed by atoms with van der Waals surface area (Å²) in [6, 6.07) is 32.0. The van der Waals surface area contributed by atoms with E-state index in [4.69, 9.17) is 0 Å². The molecule has 3 aromatic heterocycles. The number of hydrogen-bond donors (Lipinski definition) is 1. The number of aliphatic hydroxyl groups is 1. The maximum absolute atomic E-state index is 14.5. The molecular weight excluding hydrogens is 459 g/mol. The van der Waals surface area contributed by atoms with Gasteiger partial charge in [-0.25, -0.2) is 0 Å². The van der Waals surface area contributed by atoms with E-state index in [1.165, 1.54) is 4.88 Å². The Labute approximate surface area is 193 Å². The van der Waals surface area contributed by atoms with Crippen molar-refractivity contribution in [2.24, 2.45) is 0 Å². The van der Waals surface area contributed by atoms with Crippen molar-refractivity contribution in [3.63, 3.8) is 0 Å². The molecule has 0 saturated carbocycles. The highest BCUT2D eigenvalue weighted by atomic mass is 32.1. The minimum Gasteiger partial charge on any atom is -0.391 e. The molecule has 0 amide bonds. The van der Waals surface area contributed by atoms with Crippen LogP contribution in [0.3, 0.4) is 0 Å². The Morgan fingerprint density at radius 3 is 1.61 bits per heavy atom. The molecule has 0 aliphatic carbocycles. The molecule has 0 fully saturated rings. The van der Waals surface area contributed by atoms with Gasteiger partial charge in [-0.15, -0.1) is 34.0 Å². The first-order valence-electron chi connectivity index (χ1n) is 9.80. The summed E-state index contributed by atoms with van der Waals surface area (Å²) in [7, 11) is -2.93. The van der Waals surface area contributed by atoms with Crippen molar-refractivity contribution >= 4 is 56.4 Å². The van der Waals surface area contributed by atoms with Crippen molar-refractivity contribution in [3.05, 3.63) is 102 Å². The van der Waals surface area contributed by atoms with E-state index in [-0.39, 0.29) is 6.61 Å². The van der Waals surface area contributed by atoms with E-state index in [9.17, 15) is 9.67 Å². The van der Waals surface area contributed by atoms with Crippen LogP contribution in [0.15, 0.2) is 97.1 Å². The predicted molar refractivity (Wildman–Crippen MR) is 136 cm³/mol. The molecule has 154 valence electrons. The molecule has 0 atom stereocenters. The van der Waals surface area contributed by atoms with Crippen LogP contribution in [0.4, 0.5) is 0 Å². The van der Waals surface area contributed by atoms with Crippen LogP contribution in [0.5, 0.6) is 0 Å². The van der Waals surface area contributed by atoms with Crippen LogP contribution in [0.1, 0.15) is 4.88 Å². The number of rotatable bonds is 6. The topological polar surface area (TPSA) is 37.3 Å². The van der Waals surface area contributed by atoms with E-state index in [0.29, 0.717) is 0 Å². The van der Waals surface area contributed by atoms with E-state index in [1.807, 2.05) is 72.8 Å². The Bertz CT molecular complexity index is 1310. The van der Waals surface area contributed by atoms with Gasteiger partial charge in [0.05, 0.1) is 11.2 Å². The van der Waals surface area contributed by atoms with E-state index >= 15 is 0 Å². The fraction of sp³-hybridized carbons (Fsp3) is 0.0400. The molecule has 0 radical (unpaired) electrons. The number of aliphatic hydroxyl groups excluding tert-OH is 1. The Morgan fingerprint density at radius 1 is 0.581 bits per heavy atom. The zero-order valence-electron chi connectivity index (χ0n) is 16.5. The number of hydrogen-bond acceptors (Lipinski definition) is 5. The average molecular weight is 479 g/mol. The third kappa shape index (κ3) is 3.89. The minimum absolute atomic E-state index is 0.0748. The van der Waals surface area contributed by atoms with Gasteiger partial charge in [-0.3, -0.25) is 0 Å². The van der Waals surface area contributed by atoms with E-state index in [2.05, 4.69) is 24.3 Å². The summed E-state index contributed by atoms with van der Waals surface area (Å²) in [5.74, 6) is 0. The molecular formula is C25H19O2PS3. The highest BCUT2D eigenvalue weighted by Gasteiger charge is 2.31. The third-order valence-corrected chi connectivity index (χ3v) is 12.4. The first kappa shape index (κ1) is 20.6. The second-order valence-electron chi connectivity index (χ2n) is 7.01. The molecule has 3 heterocycles. The zero-order valence-corrected chi connectivity index (χ0v) is 19.8. The van der Waals surface area contributed by atoms with Gasteiger partial charge in [-0.2, -0.15) is 0 Å². The Balaban J connectivity index is 1.55. The molecule has 2 aromatic carbocycles. The van der Waals surface area contributed by atoms with Gasteiger partial charge in [0.1, 0.15) is 0 Å². The summed E-state index contributed by atoms with van der Waals surface area (Å²) in [6.45, 7) is 0.0748. The van der Waals surface area contributed by atoms with Gasteiger partial charge in [0.15, 0.2) is 7.14 Å². The van der Waals surface area contributed by atoms with Gasteiger partial charge < -0.3 is 9.67 Å². The molecule has 0 aliphatic rings. The summed E-state index contributed by atoms with van der Waals surface area (Å²) < 4.78 is 15.4. The first-order valence-corrected chi connectivity index (χ1v) is 14.0. The van der Waals surface area contributed by atoms with Gasteiger partial charge >= 0.3 is 0 Å². The van der Waals surface area contributed by atoms with Gasteiger partial charge in [-0.1, -0.05) is 60.7 Å². The van der Waals surface area contributed by atoms with E-state index in [0.717, 1.165) is 34.7 Å². The van der Waals surface area contributed by atoms with Crippen molar-refractivity contribution in [1.82, 2.24) is 0 Å². The molecule has 31 heavy (non-hydrogen) atoms. The summed E-state index contributed by atoms with van der Waals surface area (Å²) in [5.41, 5.74) is 0. The highest BCUT2D eigenvalue weighted by Crippen LogP contribution is 2.47. The molecule has 5 rings (SSSR count). The van der Waals surface area contributed by atoms with E-state index < -0.39 is 7.14 Å². The average Bonchev–Trinajstić information content (AvgIpc) is 3.59. The first-order chi connectivity index (χ1) is 15.2. The largest absolute Gasteiger partial charge is 0.391 e. The second kappa shape index (κ2) is 8.70. The fourth-order valence-corrected chi connectivity index (χ4v) is 10.0. The minimum atomic E-state index is -2.93. The molecule has 5 aromatic rings. The quantitative estimate of drug-likeness (QED) is 0.289. The van der Waals surface area contributed by atoms with Crippen LogP contribution >= 0.6 is 41.2 Å². The van der Waals surface area contributed by atoms with Crippen LogP contribution in [-0.4, -0.2) is 5.11 Å². The maximum atomic E-state index is 14.5. The lowest BCUT2D eigenvalue weighted by Crippen LogP contribution is -2.22. The molecule has 0 bridgehead atoms. The van der Waals surface area contributed by atoms with Crippen LogP contribution in [0.2, 0.25) is 0 Å². The van der Waals surface area contributed by atoms with Crippen molar-refractivity contribution < 1.29 is 9.67 Å². The van der Waals surface area contributed by atoms with Gasteiger partial charge in [-0.05, 0) is 36.4 Å². The molecule has 0 saturated heterocycles. The molecule has 2 nitrogen and oxygen atoms in total. The van der Waals surface area contributed by atoms with Gasteiger partial charge in [0.2, 0.25) is 0 Å². The second-order valence-corrected chi connectivity index (χ2v) is 13.4. The van der Waals surface area contributed by atoms with E-state index in [1.54, 1.807) is 34.0 Å². The summed E-state index contributed by atoms with van der Waals surface area (Å²) >= 11 is 4.96. The lowest BCUT2D eigenvalue weighted by molar-refractivity contribution is 0.285. The molecule has 0 unspecified atom stereocenters. The predicted octanol–water partition coefficient (Wildman–Crippen LogP) is 6.34. The lowest BCUT2D eigenvalue weighted by atomic mass is 10.3. The van der Waals surface area contributed by atoms with Crippen LogP contribution in [0, 0.1) is 0 Å². The smallest absolute Gasteiger partial charge is 0.180 e. The number of benzene rings is 2. The van der Waals surface area contributed by atoms with Crippen LogP contribution < -0.4 is 15.2 Å². The van der Waals surface area contributed by atoms with Crippen molar-refractivity contribution in [1.29, 1.82) is 0 Å². The summed E-state index contributed by atoms with van der Waals surface area (Å²) in [4.78, 5) is 5.60. The third-order valence-electron chi connectivity index (χ3n) is 5.05. The normalized spacial score (nSPS) is 11.6. The van der Waals surface area contributed by atoms with Crippen molar-refractivity contribution in [2.75, 3.05) is 0 Å². The molecule has 0 spiro atoms. The highest BCUT2D eigenvalue weighted by molar-refractivity contribution is 7.89. The summed E-state index contributed by atoms with van der Waals surface area (Å²) in [6.07, 6.45) is 0. The zero-order chi connectivity index (χ0) is 21.3. The van der Waals surface area contributed by atoms with Crippen LogP contribution in [-0.2, 0) is 11.2 Å². The summed E-state index contributed by atoms with van der Waals surface area (Å²) in [5, 5.41) is 11.1. The Morgan fingerprint density at radius 2 is 1.06 bits per heavy atom. The van der Waals surface area contributed by atoms with Crippen molar-refractivity contribution in [2.45, 2.75) is 6.61 Å². The van der Waals surface area contributed by atoms with Gasteiger partial charge in [0.25, 0.3) is 0 Å². The number of thiophene rings is 3. The van der Waals surface area contributed by atoms with Crippen LogP contribution in [0.25, 0.3) is 19.5 Å². The maximum Gasteiger partial charge on any atom is 0.180 e. The molecule has 0 aliphatic heterocycles. The SMILES string of the molecule is O=P(c1ccccc1)(c1ccccc1)c1ccc(-c2ccc(-c3ccc(CO)s3)s2)s1. The lowest BCUT2D eigenvalue weighted by Gasteiger charge is -2.17. The standard InChI is InChI=1S/C25H19O2PS3/c26-17-20-11-12-21(29-20)22-13-14-23(30-22)24-15-16-25(31-24)28(27,18-7-3-1-4-8-18)19-9-5-2-6-10-19/h1-16,26H,17H2. The fourth-order valence-electron chi connectivity index (χ4n) is 3.51. The molecule has 1 N–H and O–H groups in total. The van der Waals surface area contributed by atoms with Crippen molar-refractivity contribution in [3.8, 4) is 19.5 Å². The Hall–Kier alpha value is -2.27.